The first-order valence-electron chi connectivity index (χ1n) is 10.7. The van der Waals surface area contributed by atoms with Crippen LogP contribution < -0.4 is 10.1 Å². The molecular weight excluding hydrogens is 408 g/mol. The van der Waals surface area contributed by atoms with Gasteiger partial charge in [0.2, 0.25) is 5.91 Å². The minimum absolute atomic E-state index is 0.0678. The van der Waals surface area contributed by atoms with Crippen molar-refractivity contribution in [3.63, 3.8) is 0 Å². The lowest BCUT2D eigenvalue weighted by Crippen LogP contribution is -2.15. The molecule has 31 heavy (non-hydrogen) atoms. The van der Waals surface area contributed by atoms with Crippen LogP contribution in [-0.4, -0.2) is 26.4 Å². The Balaban J connectivity index is 1.59. The van der Waals surface area contributed by atoms with Crippen LogP contribution in [0.25, 0.3) is 0 Å². The Morgan fingerprint density at radius 2 is 1.61 bits per heavy atom. The van der Waals surface area contributed by atoms with Crippen molar-refractivity contribution in [1.82, 2.24) is 14.8 Å². The van der Waals surface area contributed by atoms with Gasteiger partial charge in [0.25, 0.3) is 0 Å². The summed E-state index contributed by atoms with van der Waals surface area (Å²) in [7, 11) is 0. The number of amides is 1. The highest BCUT2D eigenvalue weighted by Crippen LogP contribution is 2.25. The third-order valence-electron chi connectivity index (χ3n) is 5.05. The fraction of sp³-hybridized carbons (Fsp3) is 0.375. The third-order valence-corrected chi connectivity index (χ3v) is 6.01. The molecule has 164 valence electrons. The molecule has 3 rings (SSSR count). The summed E-state index contributed by atoms with van der Waals surface area (Å²) in [6.45, 7) is 8.94. The first-order chi connectivity index (χ1) is 15.0. The number of carbonyl (C=O) groups excluding carboxylic acids is 1. The van der Waals surface area contributed by atoms with Gasteiger partial charge in [0.1, 0.15) is 5.75 Å². The van der Waals surface area contributed by atoms with Crippen LogP contribution in [0, 0.1) is 0 Å². The zero-order chi connectivity index (χ0) is 22.2. The molecule has 0 spiro atoms. The molecule has 1 unspecified atom stereocenters. The fourth-order valence-corrected chi connectivity index (χ4v) is 4.03. The summed E-state index contributed by atoms with van der Waals surface area (Å²) in [6, 6.07) is 16.0. The third kappa shape index (κ3) is 6.10. The van der Waals surface area contributed by atoms with Gasteiger partial charge in [0.15, 0.2) is 17.1 Å². The summed E-state index contributed by atoms with van der Waals surface area (Å²) in [5.74, 6) is 1.75. The van der Waals surface area contributed by atoms with Gasteiger partial charge in [-0.05, 0) is 62.1 Å². The van der Waals surface area contributed by atoms with E-state index in [0.29, 0.717) is 11.7 Å². The monoisotopic (exact) mass is 438 g/mol. The molecule has 7 heteroatoms. The Kier molecular flexibility index (Phi) is 8.12. The molecule has 3 aromatic rings. The van der Waals surface area contributed by atoms with Gasteiger partial charge in [-0.3, -0.25) is 4.79 Å². The van der Waals surface area contributed by atoms with Gasteiger partial charge < -0.3 is 14.6 Å². The van der Waals surface area contributed by atoms with Crippen molar-refractivity contribution in [2.24, 2.45) is 0 Å². The van der Waals surface area contributed by atoms with E-state index >= 15 is 0 Å². The molecule has 6 nitrogen and oxygen atoms in total. The van der Waals surface area contributed by atoms with Crippen LogP contribution >= 0.6 is 11.8 Å². The maximum absolute atomic E-state index is 12.4. The minimum atomic E-state index is -0.250. The fourth-order valence-electron chi connectivity index (χ4n) is 3.22. The summed E-state index contributed by atoms with van der Waals surface area (Å²) >= 11 is 1.38. The van der Waals surface area contributed by atoms with E-state index in [-0.39, 0.29) is 17.8 Å². The first-order valence-corrected chi connectivity index (χ1v) is 11.7. The number of rotatable bonds is 10. The predicted octanol–water partition coefficient (Wildman–Crippen LogP) is 5.29. The van der Waals surface area contributed by atoms with E-state index in [1.807, 2.05) is 54.8 Å². The molecule has 0 aliphatic heterocycles. The number of anilines is 1. The average molecular weight is 439 g/mol. The molecule has 0 radical (unpaired) electrons. The van der Waals surface area contributed by atoms with Gasteiger partial charge >= 0.3 is 0 Å². The Morgan fingerprint density at radius 3 is 2.19 bits per heavy atom. The quantitative estimate of drug-likeness (QED) is 0.435. The summed E-state index contributed by atoms with van der Waals surface area (Å²) in [5, 5.41) is 12.3. The maximum atomic E-state index is 12.4. The topological polar surface area (TPSA) is 69.0 Å². The highest BCUT2D eigenvalue weighted by Gasteiger charge is 2.19. The van der Waals surface area contributed by atoms with Crippen molar-refractivity contribution in [3.8, 4) is 5.75 Å². The first kappa shape index (κ1) is 22.9. The van der Waals surface area contributed by atoms with Crippen molar-refractivity contribution >= 4 is 23.4 Å². The van der Waals surface area contributed by atoms with Gasteiger partial charge in [-0.1, -0.05) is 49.9 Å². The van der Waals surface area contributed by atoms with Crippen LogP contribution in [0.4, 0.5) is 5.69 Å². The highest BCUT2D eigenvalue weighted by molar-refractivity contribution is 7.99. The van der Waals surface area contributed by atoms with Gasteiger partial charge in [-0.15, -0.1) is 10.2 Å². The van der Waals surface area contributed by atoms with Crippen molar-refractivity contribution in [2.75, 3.05) is 11.1 Å². The minimum Gasteiger partial charge on any atom is -0.483 e. The van der Waals surface area contributed by atoms with E-state index < -0.39 is 0 Å². The van der Waals surface area contributed by atoms with Gasteiger partial charge in [0.05, 0.1) is 5.75 Å². The second-order valence-corrected chi connectivity index (χ2v) is 8.17. The second-order valence-electron chi connectivity index (χ2n) is 7.23. The molecule has 0 aliphatic carbocycles. The van der Waals surface area contributed by atoms with E-state index in [1.54, 1.807) is 0 Å². The zero-order valence-corrected chi connectivity index (χ0v) is 19.4. The molecule has 1 atom stereocenters. The molecule has 0 aliphatic rings. The lowest BCUT2D eigenvalue weighted by atomic mass is 10.1. The Labute approximate surface area is 188 Å². The van der Waals surface area contributed by atoms with Crippen LogP contribution in [0.15, 0.2) is 53.7 Å². The molecule has 1 aromatic heterocycles. The molecule has 0 saturated heterocycles. The number of carbonyl (C=O) groups is 1. The number of aromatic nitrogens is 3. The van der Waals surface area contributed by atoms with Crippen molar-refractivity contribution in [3.05, 3.63) is 65.5 Å². The highest BCUT2D eigenvalue weighted by atomic mass is 32.2. The lowest BCUT2D eigenvalue weighted by Gasteiger charge is -2.16. The Bertz CT molecular complexity index is 984. The summed E-state index contributed by atoms with van der Waals surface area (Å²) in [4.78, 5) is 12.4. The number of nitrogens with one attached hydrogen (secondary N) is 1. The molecule has 0 saturated carbocycles. The number of benzene rings is 2. The number of nitrogens with zero attached hydrogens (tertiary/aromatic N) is 3. The summed E-state index contributed by atoms with van der Waals surface area (Å²) in [6.07, 6.45) is 1.73. The van der Waals surface area contributed by atoms with Crippen molar-refractivity contribution in [1.29, 1.82) is 0 Å². The molecule has 1 amide bonds. The Morgan fingerprint density at radius 1 is 1.00 bits per heavy atom. The van der Waals surface area contributed by atoms with Crippen molar-refractivity contribution < 1.29 is 9.53 Å². The predicted molar refractivity (Wildman–Crippen MR) is 126 cm³/mol. The number of ether oxygens (including phenoxy) is 1. The summed E-state index contributed by atoms with van der Waals surface area (Å²) in [5.41, 5.74) is 3.32. The maximum Gasteiger partial charge on any atom is 0.234 e. The van der Waals surface area contributed by atoms with Gasteiger partial charge in [0, 0.05) is 12.2 Å². The van der Waals surface area contributed by atoms with E-state index in [9.17, 15) is 4.79 Å². The number of hydrogen-bond donors (Lipinski definition) is 1. The van der Waals surface area contributed by atoms with E-state index in [0.717, 1.165) is 30.1 Å². The smallest absolute Gasteiger partial charge is 0.234 e. The largest absolute Gasteiger partial charge is 0.483 e. The normalized spacial score (nSPS) is 11.9. The van der Waals surface area contributed by atoms with Gasteiger partial charge in [-0.25, -0.2) is 0 Å². The number of aryl methyl sites for hydroxylation is 2. The average Bonchev–Trinajstić information content (AvgIpc) is 3.22. The van der Waals surface area contributed by atoms with Crippen LogP contribution in [0.2, 0.25) is 0 Å². The van der Waals surface area contributed by atoms with Crippen LogP contribution in [0.1, 0.15) is 50.8 Å². The van der Waals surface area contributed by atoms with E-state index in [4.69, 9.17) is 4.74 Å². The SMILES string of the molecule is CCc1ccc(NC(=O)CSc2nnc(C(C)Oc3ccc(CC)cc3)n2CC)cc1. The Hall–Kier alpha value is -2.80. The standard InChI is InChI=1S/C24H30N4O2S/c1-5-18-8-12-20(13-9-18)25-22(29)16-31-24-27-26-23(28(24)7-3)17(4)30-21-14-10-19(6-2)11-15-21/h8-15,17H,5-7,16H2,1-4H3,(H,25,29). The number of thioether (sulfide) groups is 1. The van der Waals surface area contributed by atoms with Gasteiger partial charge in [-0.2, -0.15) is 0 Å². The summed E-state index contributed by atoms with van der Waals surface area (Å²) < 4.78 is 8.07. The van der Waals surface area contributed by atoms with Crippen LogP contribution in [0.5, 0.6) is 5.75 Å². The molecule has 0 bridgehead atoms. The van der Waals surface area contributed by atoms with Crippen LogP contribution in [-0.2, 0) is 24.2 Å². The van der Waals surface area contributed by atoms with Crippen molar-refractivity contribution in [2.45, 2.75) is 58.3 Å². The van der Waals surface area contributed by atoms with Crippen LogP contribution in [0.3, 0.4) is 0 Å². The molecule has 1 N–H and O–H groups in total. The lowest BCUT2D eigenvalue weighted by molar-refractivity contribution is -0.113. The molecule has 2 aromatic carbocycles. The number of hydrogen-bond acceptors (Lipinski definition) is 5. The van der Waals surface area contributed by atoms with E-state index in [1.165, 1.54) is 22.9 Å². The van der Waals surface area contributed by atoms with E-state index in [2.05, 4.69) is 41.5 Å². The molecular formula is C24H30N4O2S. The zero-order valence-electron chi connectivity index (χ0n) is 18.6. The molecule has 1 heterocycles. The second kappa shape index (κ2) is 11.0. The molecule has 0 fully saturated rings.